The first-order valence-electron chi connectivity index (χ1n) is 10.7. The smallest absolute Gasteiger partial charge is 0.411 e. The van der Waals surface area contributed by atoms with Gasteiger partial charge in [-0.05, 0) is 23.3 Å². The Bertz CT molecular complexity index is 868. The number of carbonyl (C=O) groups is 1. The van der Waals surface area contributed by atoms with Gasteiger partial charge in [-0.15, -0.1) is 13.2 Å². The molecule has 0 bridgehead atoms. The highest BCUT2D eigenvalue weighted by molar-refractivity contribution is 5.72. The van der Waals surface area contributed by atoms with E-state index < -0.39 is 0 Å². The molecule has 1 amide bonds. The van der Waals surface area contributed by atoms with E-state index in [1.165, 1.54) is 0 Å². The molecule has 0 unspecified atom stereocenters. The molecule has 1 fully saturated rings. The molecule has 6 nitrogen and oxygen atoms in total. The zero-order valence-corrected chi connectivity index (χ0v) is 18.5. The second-order valence-electron chi connectivity index (χ2n) is 7.55. The van der Waals surface area contributed by atoms with Crippen molar-refractivity contribution in [3.05, 3.63) is 91.0 Å². The summed E-state index contributed by atoms with van der Waals surface area (Å²) in [5.74, 6) is 0.810. The van der Waals surface area contributed by atoms with Crippen molar-refractivity contribution in [3.63, 3.8) is 0 Å². The number of carbonyl (C=O) groups excluding carboxylic acids is 1. The number of benzene rings is 2. The zero-order valence-electron chi connectivity index (χ0n) is 18.5. The largest absolute Gasteiger partial charge is 0.497 e. The van der Waals surface area contributed by atoms with Crippen LogP contribution >= 0.6 is 0 Å². The molecule has 2 aromatic carbocycles. The zero-order chi connectivity index (χ0) is 22.8. The molecule has 0 aliphatic carbocycles. The fourth-order valence-electron chi connectivity index (χ4n) is 3.66. The molecule has 0 saturated carbocycles. The van der Waals surface area contributed by atoms with Crippen LogP contribution in [-0.4, -0.2) is 49.5 Å². The van der Waals surface area contributed by atoms with Crippen molar-refractivity contribution in [1.82, 2.24) is 4.90 Å². The van der Waals surface area contributed by atoms with Gasteiger partial charge in [-0.3, -0.25) is 4.90 Å². The summed E-state index contributed by atoms with van der Waals surface area (Å²) in [5, 5.41) is 0. The van der Waals surface area contributed by atoms with Crippen LogP contribution in [0.25, 0.3) is 0 Å². The Morgan fingerprint density at radius 3 is 2.38 bits per heavy atom. The minimum atomic E-state index is -0.386. The molecule has 1 heterocycles. The first kappa shape index (κ1) is 23.6. The summed E-state index contributed by atoms with van der Waals surface area (Å²) in [7, 11) is 1.64. The normalized spacial score (nSPS) is 18.8. The van der Waals surface area contributed by atoms with Crippen molar-refractivity contribution in [2.45, 2.75) is 37.8 Å². The molecular weight excluding hydrogens is 406 g/mol. The summed E-state index contributed by atoms with van der Waals surface area (Å²) in [6.45, 7) is 9.54. The number of cyclic esters (lactones) is 1. The minimum absolute atomic E-state index is 0.268. The van der Waals surface area contributed by atoms with Crippen molar-refractivity contribution >= 4 is 6.09 Å². The quantitative estimate of drug-likeness (QED) is 0.334. The number of nitrogens with zero attached hydrogens (tertiary/aromatic N) is 1. The highest BCUT2D eigenvalue weighted by Gasteiger charge is 2.42. The predicted octanol–water partition coefficient (Wildman–Crippen LogP) is 4.75. The average molecular weight is 438 g/mol. The Balaban J connectivity index is 1.48. The standard InChI is InChI=1S/C26H31NO5/c1-4-22(19-31-18-20-9-7-6-8-10-20)27-24(5-2)25(32-26(27)28)15-16-30-17-21-11-13-23(29-3)14-12-21/h4-14,22,24-25H,1-2,15-19H2,3H3/t22-,24-,25+/m0/s1. The summed E-state index contributed by atoms with van der Waals surface area (Å²) in [6, 6.07) is 17.1. The van der Waals surface area contributed by atoms with Gasteiger partial charge in [0.1, 0.15) is 11.9 Å². The van der Waals surface area contributed by atoms with Gasteiger partial charge in [0.2, 0.25) is 0 Å². The third-order valence-corrected chi connectivity index (χ3v) is 5.41. The fourth-order valence-corrected chi connectivity index (χ4v) is 3.66. The Kier molecular flexibility index (Phi) is 8.90. The molecule has 0 spiro atoms. The van der Waals surface area contributed by atoms with Gasteiger partial charge < -0.3 is 18.9 Å². The first-order valence-corrected chi connectivity index (χ1v) is 10.7. The number of hydrogen-bond donors (Lipinski definition) is 0. The van der Waals surface area contributed by atoms with E-state index in [0.29, 0.717) is 32.8 Å². The highest BCUT2D eigenvalue weighted by Crippen LogP contribution is 2.26. The lowest BCUT2D eigenvalue weighted by Crippen LogP contribution is -2.44. The molecule has 1 aliphatic rings. The molecule has 0 radical (unpaired) electrons. The third-order valence-electron chi connectivity index (χ3n) is 5.41. The molecular formula is C26H31NO5. The van der Waals surface area contributed by atoms with E-state index in [0.717, 1.165) is 16.9 Å². The maximum atomic E-state index is 12.6. The second kappa shape index (κ2) is 12.1. The van der Waals surface area contributed by atoms with E-state index in [1.54, 1.807) is 24.2 Å². The van der Waals surface area contributed by atoms with Gasteiger partial charge in [0.15, 0.2) is 0 Å². The predicted molar refractivity (Wildman–Crippen MR) is 123 cm³/mol. The van der Waals surface area contributed by atoms with Gasteiger partial charge in [-0.1, -0.05) is 54.6 Å². The lowest BCUT2D eigenvalue weighted by molar-refractivity contribution is 0.0722. The maximum Gasteiger partial charge on any atom is 0.411 e. The Morgan fingerprint density at radius 2 is 1.72 bits per heavy atom. The molecule has 0 N–H and O–H groups in total. The number of rotatable bonds is 13. The summed E-state index contributed by atoms with van der Waals surface area (Å²) in [6.07, 6.45) is 3.32. The highest BCUT2D eigenvalue weighted by atomic mass is 16.6. The van der Waals surface area contributed by atoms with Crippen LogP contribution in [0, 0.1) is 0 Å². The summed E-state index contributed by atoms with van der Waals surface area (Å²) in [5.41, 5.74) is 2.13. The van der Waals surface area contributed by atoms with E-state index in [2.05, 4.69) is 13.2 Å². The van der Waals surface area contributed by atoms with Crippen molar-refractivity contribution in [2.24, 2.45) is 0 Å². The van der Waals surface area contributed by atoms with E-state index in [1.807, 2.05) is 54.6 Å². The molecule has 2 aromatic rings. The number of ether oxygens (including phenoxy) is 4. The minimum Gasteiger partial charge on any atom is -0.497 e. The summed E-state index contributed by atoms with van der Waals surface area (Å²) in [4.78, 5) is 14.3. The second-order valence-corrected chi connectivity index (χ2v) is 7.55. The molecule has 32 heavy (non-hydrogen) atoms. The molecule has 3 atom stereocenters. The van der Waals surface area contributed by atoms with Crippen molar-refractivity contribution in [3.8, 4) is 5.75 Å². The van der Waals surface area contributed by atoms with Crippen LogP contribution in [0.15, 0.2) is 79.9 Å². The van der Waals surface area contributed by atoms with Gasteiger partial charge in [0, 0.05) is 6.42 Å². The van der Waals surface area contributed by atoms with Crippen molar-refractivity contribution in [2.75, 3.05) is 20.3 Å². The van der Waals surface area contributed by atoms with Crippen LogP contribution in [0.1, 0.15) is 17.5 Å². The van der Waals surface area contributed by atoms with E-state index in [4.69, 9.17) is 18.9 Å². The van der Waals surface area contributed by atoms with Crippen molar-refractivity contribution in [1.29, 1.82) is 0 Å². The van der Waals surface area contributed by atoms with Crippen LogP contribution in [-0.2, 0) is 27.4 Å². The summed E-state index contributed by atoms with van der Waals surface area (Å²) >= 11 is 0. The third kappa shape index (κ3) is 6.22. The van der Waals surface area contributed by atoms with Gasteiger partial charge in [-0.2, -0.15) is 0 Å². The van der Waals surface area contributed by atoms with Gasteiger partial charge >= 0.3 is 6.09 Å². The van der Waals surface area contributed by atoms with Crippen LogP contribution in [0.4, 0.5) is 4.79 Å². The molecule has 1 aliphatic heterocycles. The SMILES string of the molecule is C=C[C@@H](COCc1ccccc1)N1C(=O)O[C@H](CCOCc2ccc(OC)cc2)[C@@H]1C=C. The van der Waals surface area contributed by atoms with Crippen LogP contribution in [0.3, 0.4) is 0 Å². The van der Waals surface area contributed by atoms with Crippen molar-refractivity contribution < 1.29 is 23.7 Å². The van der Waals surface area contributed by atoms with E-state index in [-0.39, 0.29) is 24.3 Å². The topological polar surface area (TPSA) is 57.2 Å². The van der Waals surface area contributed by atoms with Gasteiger partial charge in [-0.25, -0.2) is 4.79 Å². The Morgan fingerprint density at radius 1 is 1.03 bits per heavy atom. The summed E-state index contributed by atoms with van der Waals surface area (Å²) < 4.78 is 22.4. The van der Waals surface area contributed by atoms with E-state index in [9.17, 15) is 4.79 Å². The maximum absolute atomic E-state index is 12.6. The number of amides is 1. The molecule has 3 rings (SSSR count). The van der Waals surface area contributed by atoms with Crippen LogP contribution in [0.5, 0.6) is 5.75 Å². The monoisotopic (exact) mass is 437 g/mol. The molecule has 1 saturated heterocycles. The Labute approximate surface area is 190 Å². The van der Waals surface area contributed by atoms with Gasteiger partial charge in [0.25, 0.3) is 0 Å². The first-order chi connectivity index (χ1) is 15.7. The molecule has 170 valence electrons. The number of hydrogen-bond acceptors (Lipinski definition) is 5. The van der Waals surface area contributed by atoms with E-state index >= 15 is 0 Å². The van der Waals surface area contributed by atoms with Crippen LogP contribution < -0.4 is 4.74 Å². The fraction of sp³-hybridized carbons (Fsp3) is 0.346. The number of methoxy groups -OCH3 is 1. The van der Waals surface area contributed by atoms with Crippen LogP contribution in [0.2, 0.25) is 0 Å². The average Bonchev–Trinajstić information content (AvgIpc) is 3.15. The lowest BCUT2D eigenvalue weighted by Gasteiger charge is -2.28. The molecule has 6 heteroatoms. The molecule has 0 aromatic heterocycles. The van der Waals surface area contributed by atoms with Gasteiger partial charge in [0.05, 0.1) is 45.6 Å². The lowest BCUT2D eigenvalue weighted by atomic mass is 10.1. The Hall–Kier alpha value is -3.09.